The Labute approximate surface area is 92.9 Å². The molecule has 1 aromatic rings. The van der Waals surface area contributed by atoms with Gasteiger partial charge in [0, 0.05) is 5.56 Å². The molecule has 1 aliphatic heterocycles. The van der Waals surface area contributed by atoms with Gasteiger partial charge in [0.25, 0.3) is 5.92 Å². The van der Waals surface area contributed by atoms with Crippen LogP contribution < -0.4 is 4.74 Å². The number of halogens is 2. The summed E-state index contributed by atoms with van der Waals surface area (Å²) < 4.78 is 32.5. The molecule has 0 bridgehead atoms. The van der Waals surface area contributed by atoms with Crippen LogP contribution in [0.2, 0.25) is 0 Å². The third-order valence-electron chi connectivity index (χ3n) is 2.90. The quantitative estimate of drug-likeness (QED) is 0.800. The van der Waals surface area contributed by atoms with Gasteiger partial charge in [-0.1, -0.05) is 19.9 Å². The van der Waals surface area contributed by atoms with Crippen molar-refractivity contribution >= 4 is 0 Å². The van der Waals surface area contributed by atoms with Gasteiger partial charge in [-0.25, -0.2) is 8.78 Å². The Morgan fingerprint density at radius 2 is 2.12 bits per heavy atom. The SMILES string of the molecule is CC(C)C1c2c(O)cccc2OCC1(F)F. The standard InChI is InChI=1S/C12H14F2O2/c1-7(2)11-10-8(15)4-3-5-9(10)16-6-12(11,13)14/h3-5,7,11,15H,6H2,1-2H3. The molecule has 0 saturated carbocycles. The average molecular weight is 228 g/mol. The fraction of sp³-hybridized carbons (Fsp3) is 0.500. The van der Waals surface area contributed by atoms with Crippen molar-refractivity contribution in [2.24, 2.45) is 5.92 Å². The number of fused-ring (bicyclic) bond motifs is 1. The molecular formula is C12H14F2O2. The number of phenolic OH excluding ortho intramolecular Hbond substituents is 1. The first-order valence-corrected chi connectivity index (χ1v) is 5.26. The Bertz CT molecular complexity index is 402. The molecule has 88 valence electrons. The van der Waals surface area contributed by atoms with Crippen LogP contribution in [-0.2, 0) is 0 Å². The van der Waals surface area contributed by atoms with Crippen molar-refractivity contribution in [3.63, 3.8) is 0 Å². The van der Waals surface area contributed by atoms with Crippen LogP contribution in [0.4, 0.5) is 8.78 Å². The van der Waals surface area contributed by atoms with Gasteiger partial charge >= 0.3 is 0 Å². The number of ether oxygens (including phenoxy) is 1. The molecule has 1 atom stereocenters. The summed E-state index contributed by atoms with van der Waals surface area (Å²) in [6.45, 7) is 2.83. The van der Waals surface area contributed by atoms with E-state index in [2.05, 4.69) is 0 Å². The van der Waals surface area contributed by atoms with E-state index >= 15 is 0 Å². The summed E-state index contributed by atoms with van der Waals surface area (Å²) in [6, 6.07) is 4.62. The molecule has 1 aromatic carbocycles. The lowest BCUT2D eigenvalue weighted by molar-refractivity contribution is -0.0888. The molecule has 2 rings (SSSR count). The Balaban J connectivity index is 2.57. The maximum atomic E-state index is 13.7. The van der Waals surface area contributed by atoms with E-state index in [1.807, 2.05) is 0 Å². The van der Waals surface area contributed by atoms with Gasteiger partial charge in [-0.05, 0) is 18.1 Å². The molecule has 1 unspecified atom stereocenters. The first kappa shape index (κ1) is 11.2. The first-order valence-electron chi connectivity index (χ1n) is 5.26. The highest BCUT2D eigenvalue weighted by atomic mass is 19.3. The van der Waals surface area contributed by atoms with Gasteiger partial charge in [0.05, 0.1) is 5.92 Å². The average Bonchev–Trinajstić information content (AvgIpc) is 2.17. The van der Waals surface area contributed by atoms with Crippen LogP contribution in [0.5, 0.6) is 11.5 Å². The van der Waals surface area contributed by atoms with Gasteiger partial charge in [0.1, 0.15) is 11.5 Å². The zero-order valence-corrected chi connectivity index (χ0v) is 9.21. The molecule has 0 amide bonds. The first-order chi connectivity index (χ1) is 7.43. The normalized spacial score (nSPS) is 22.7. The zero-order valence-electron chi connectivity index (χ0n) is 9.21. The van der Waals surface area contributed by atoms with Gasteiger partial charge in [-0.2, -0.15) is 0 Å². The van der Waals surface area contributed by atoms with E-state index < -0.39 is 18.4 Å². The van der Waals surface area contributed by atoms with E-state index in [9.17, 15) is 13.9 Å². The molecule has 1 aliphatic rings. The summed E-state index contributed by atoms with van der Waals surface area (Å²) >= 11 is 0. The summed E-state index contributed by atoms with van der Waals surface area (Å²) in [5, 5.41) is 9.69. The summed E-state index contributed by atoms with van der Waals surface area (Å²) in [5.41, 5.74) is 0.230. The van der Waals surface area contributed by atoms with Gasteiger partial charge < -0.3 is 9.84 Å². The van der Waals surface area contributed by atoms with Crippen molar-refractivity contribution in [2.45, 2.75) is 25.7 Å². The van der Waals surface area contributed by atoms with E-state index in [1.165, 1.54) is 6.07 Å². The van der Waals surface area contributed by atoms with Crippen LogP contribution in [0.25, 0.3) is 0 Å². The molecular weight excluding hydrogens is 214 g/mol. The molecule has 1 N–H and O–H groups in total. The van der Waals surface area contributed by atoms with E-state index in [1.54, 1.807) is 26.0 Å². The lowest BCUT2D eigenvalue weighted by Gasteiger charge is -2.35. The number of benzene rings is 1. The lowest BCUT2D eigenvalue weighted by atomic mass is 9.81. The Morgan fingerprint density at radius 3 is 2.75 bits per heavy atom. The van der Waals surface area contributed by atoms with Crippen LogP contribution in [-0.4, -0.2) is 17.6 Å². The Morgan fingerprint density at radius 1 is 1.44 bits per heavy atom. The summed E-state index contributed by atoms with van der Waals surface area (Å²) in [5.74, 6) is -3.93. The summed E-state index contributed by atoms with van der Waals surface area (Å²) in [4.78, 5) is 0. The topological polar surface area (TPSA) is 29.5 Å². The number of hydrogen-bond acceptors (Lipinski definition) is 2. The monoisotopic (exact) mass is 228 g/mol. The predicted molar refractivity (Wildman–Crippen MR) is 56.1 cm³/mol. The van der Waals surface area contributed by atoms with Crippen LogP contribution in [0.1, 0.15) is 25.3 Å². The smallest absolute Gasteiger partial charge is 0.288 e. The van der Waals surface area contributed by atoms with Crippen molar-refractivity contribution in [1.82, 2.24) is 0 Å². The number of rotatable bonds is 1. The van der Waals surface area contributed by atoms with Crippen molar-refractivity contribution in [2.75, 3.05) is 6.61 Å². The molecule has 1 heterocycles. The number of aromatic hydroxyl groups is 1. The number of phenols is 1. The summed E-state index contributed by atoms with van der Waals surface area (Å²) in [6.07, 6.45) is 0. The number of hydrogen-bond donors (Lipinski definition) is 1. The van der Waals surface area contributed by atoms with Gasteiger partial charge in [0.2, 0.25) is 0 Å². The van der Waals surface area contributed by atoms with E-state index in [0.29, 0.717) is 5.75 Å². The summed E-state index contributed by atoms with van der Waals surface area (Å²) in [7, 11) is 0. The second-order valence-electron chi connectivity index (χ2n) is 4.46. The fourth-order valence-corrected chi connectivity index (χ4v) is 2.27. The van der Waals surface area contributed by atoms with Crippen molar-refractivity contribution in [3.8, 4) is 11.5 Å². The van der Waals surface area contributed by atoms with Crippen molar-refractivity contribution in [1.29, 1.82) is 0 Å². The van der Waals surface area contributed by atoms with Crippen molar-refractivity contribution in [3.05, 3.63) is 23.8 Å². The molecule has 0 spiro atoms. The predicted octanol–water partition coefficient (Wildman–Crippen LogP) is 3.16. The maximum Gasteiger partial charge on any atom is 0.288 e. The molecule has 0 radical (unpaired) electrons. The van der Waals surface area contributed by atoms with Gasteiger partial charge in [-0.15, -0.1) is 0 Å². The minimum absolute atomic E-state index is 0.115. The van der Waals surface area contributed by atoms with Crippen LogP contribution in [0, 0.1) is 5.92 Å². The van der Waals surface area contributed by atoms with E-state index in [0.717, 1.165) is 0 Å². The maximum absolute atomic E-state index is 13.7. The third kappa shape index (κ3) is 1.62. The molecule has 0 saturated heterocycles. The highest BCUT2D eigenvalue weighted by molar-refractivity contribution is 5.49. The molecule has 2 nitrogen and oxygen atoms in total. The minimum Gasteiger partial charge on any atom is -0.508 e. The van der Waals surface area contributed by atoms with Crippen LogP contribution in [0.15, 0.2) is 18.2 Å². The Hall–Kier alpha value is -1.32. The second-order valence-corrected chi connectivity index (χ2v) is 4.46. The number of alkyl halides is 2. The zero-order chi connectivity index (χ0) is 11.9. The molecule has 4 heteroatoms. The van der Waals surface area contributed by atoms with Crippen molar-refractivity contribution < 1.29 is 18.6 Å². The minimum atomic E-state index is -2.93. The molecule has 0 aromatic heterocycles. The van der Waals surface area contributed by atoms with Crippen LogP contribution >= 0.6 is 0 Å². The molecule has 0 aliphatic carbocycles. The molecule has 16 heavy (non-hydrogen) atoms. The van der Waals surface area contributed by atoms with Crippen LogP contribution in [0.3, 0.4) is 0 Å². The van der Waals surface area contributed by atoms with Gasteiger partial charge in [-0.3, -0.25) is 0 Å². The van der Waals surface area contributed by atoms with E-state index in [4.69, 9.17) is 4.74 Å². The lowest BCUT2D eigenvalue weighted by Crippen LogP contribution is -2.40. The van der Waals surface area contributed by atoms with E-state index in [-0.39, 0.29) is 17.2 Å². The Kier molecular flexibility index (Phi) is 2.52. The largest absolute Gasteiger partial charge is 0.508 e. The highest BCUT2D eigenvalue weighted by Crippen LogP contribution is 2.49. The third-order valence-corrected chi connectivity index (χ3v) is 2.90. The highest BCUT2D eigenvalue weighted by Gasteiger charge is 2.48. The second kappa shape index (κ2) is 3.61. The van der Waals surface area contributed by atoms with Gasteiger partial charge in [0.15, 0.2) is 6.61 Å². The molecule has 0 fully saturated rings. The fourth-order valence-electron chi connectivity index (χ4n) is 2.27.